The van der Waals surface area contributed by atoms with Crippen LogP contribution in [0.15, 0.2) is 30.5 Å². The molecule has 3 aliphatic heterocycles. The molecule has 2 aromatic rings. The van der Waals surface area contributed by atoms with Crippen LogP contribution in [0.4, 0.5) is 11.5 Å². The Labute approximate surface area is 159 Å². The fourth-order valence-electron chi connectivity index (χ4n) is 4.29. The summed E-state index contributed by atoms with van der Waals surface area (Å²) in [7, 11) is 0. The molecule has 0 aromatic carbocycles. The molecule has 0 spiro atoms. The van der Waals surface area contributed by atoms with Crippen molar-refractivity contribution < 1.29 is 9.84 Å². The maximum atomic E-state index is 11.0. The Balaban J connectivity index is 1.50. The molecule has 0 aliphatic carbocycles. The van der Waals surface area contributed by atoms with Gasteiger partial charge in [-0.2, -0.15) is 0 Å². The van der Waals surface area contributed by atoms with Crippen LogP contribution in [0.5, 0.6) is 0 Å². The number of aromatic nitrogens is 2. The molecule has 142 valence electrons. The first kappa shape index (κ1) is 16.9. The molecule has 2 fully saturated rings. The van der Waals surface area contributed by atoms with Gasteiger partial charge in [-0.3, -0.25) is 10.3 Å². The van der Waals surface area contributed by atoms with E-state index in [2.05, 4.69) is 26.2 Å². The van der Waals surface area contributed by atoms with E-state index >= 15 is 0 Å². The van der Waals surface area contributed by atoms with Gasteiger partial charge in [-0.25, -0.2) is 4.98 Å². The van der Waals surface area contributed by atoms with Crippen molar-refractivity contribution in [2.75, 3.05) is 36.1 Å². The minimum absolute atomic E-state index is 0.187. The van der Waals surface area contributed by atoms with Gasteiger partial charge in [-0.1, -0.05) is 0 Å². The molecule has 3 atom stereocenters. The maximum Gasteiger partial charge on any atom is 0.185 e. The lowest BCUT2D eigenvalue weighted by Crippen LogP contribution is -2.56. The summed E-state index contributed by atoms with van der Waals surface area (Å²) in [4.78, 5) is 13.8. The van der Waals surface area contributed by atoms with Crippen molar-refractivity contribution in [2.24, 2.45) is 0 Å². The second kappa shape index (κ2) is 6.74. The summed E-state index contributed by atoms with van der Waals surface area (Å²) in [5.41, 5.74) is 3.95. The van der Waals surface area contributed by atoms with Gasteiger partial charge in [0.25, 0.3) is 0 Å². The summed E-state index contributed by atoms with van der Waals surface area (Å²) >= 11 is 0. The van der Waals surface area contributed by atoms with Gasteiger partial charge < -0.3 is 19.6 Å². The van der Waals surface area contributed by atoms with E-state index in [-0.39, 0.29) is 12.1 Å². The molecule has 3 aliphatic rings. The first-order valence-corrected chi connectivity index (χ1v) is 9.68. The summed E-state index contributed by atoms with van der Waals surface area (Å²) in [5.74, 6) is 0.848. The SMILES string of the molecule is Cc1ccc(-c2ccc3c(n2)N(C(O)NC2CCOC2)[C@H]2CCN3C2)cn1. The van der Waals surface area contributed by atoms with Gasteiger partial charge in [0, 0.05) is 43.2 Å². The Bertz CT molecular complexity index is 822. The Hall–Kier alpha value is -2.22. The second-order valence-corrected chi connectivity index (χ2v) is 7.62. The smallest absolute Gasteiger partial charge is 0.185 e. The molecule has 0 saturated carbocycles. The number of ether oxygens (including phenoxy) is 1. The predicted molar refractivity (Wildman–Crippen MR) is 104 cm³/mol. The van der Waals surface area contributed by atoms with Crippen molar-refractivity contribution in [1.82, 2.24) is 15.3 Å². The highest BCUT2D eigenvalue weighted by atomic mass is 16.5. The van der Waals surface area contributed by atoms with Crippen molar-refractivity contribution in [2.45, 2.75) is 38.2 Å². The van der Waals surface area contributed by atoms with Crippen LogP contribution >= 0.6 is 0 Å². The third kappa shape index (κ3) is 3.05. The van der Waals surface area contributed by atoms with Crippen molar-refractivity contribution in [3.8, 4) is 11.3 Å². The molecule has 2 aromatic heterocycles. The van der Waals surface area contributed by atoms with Gasteiger partial charge in [-0.15, -0.1) is 0 Å². The van der Waals surface area contributed by atoms with Crippen molar-refractivity contribution in [3.05, 3.63) is 36.2 Å². The Kier molecular flexibility index (Phi) is 4.22. The molecule has 2 bridgehead atoms. The number of nitrogens with one attached hydrogen (secondary N) is 1. The average molecular weight is 367 g/mol. The van der Waals surface area contributed by atoms with Crippen LogP contribution in [0.2, 0.25) is 0 Å². The molecule has 5 rings (SSSR count). The lowest BCUT2D eigenvalue weighted by Gasteiger charge is -2.41. The summed E-state index contributed by atoms with van der Waals surface area (Å²) in [6.07, 6.45) is 3.05. The number of anilines is 2. The number of hydrogen-bond donors (Lipinski definition) is 2. The molecular weight excluding hydrogens is 342 g/mol. The van der Waals surface area contributed by atoms with Crippen LogP contribution in [0.1, 0.15) is 18.5 Å². The molecule has 2 unspecified atom stereocenters. The lowest BCUT2D eigenvalue weighted by atomic mass is 10.1. The minimum Gasteiger partial charge on any atom is -0.380 e. The van der Waals surface area contributed by atoms with Gasteiger partial charge in [0.2, 0.25) is 0 Å². The van der Waals surface area contributed by atoms with E-state index in [1.807, 2.05) is 31.3 Å². The van der Waals surface area contributed by atoms with Gasteiger partial charge in [0.15, 0.2) is 12.2 Å². The highest BCUT2D eigenvalue weighted by Crippen LogP contribution is 2.40. The van der Waals surface area contributed by atoms with Gasteiger partial charge in [0.1, 0.15) is 0 Å². The zero-order chi connectivity index (χ0) is 18.4. The van der Waals surface area contributed by atoms with E-state index in [1.165, 1.54) is 0 Å². The van der Waals surface area contributed by atoms with Crippen molar-refractivity contribution in [1.29, 1.82) is 0 Å². The fraction of sp³-hybridized carbons (Fsp3) is 0.500. The summed E-state index contributed by atoms with van der Waals surface area (Å²) in [6, 6.07) is 8.67. The van der Waals surface area contributed by atoms with E-state index in [0.717, 1.165) is 61.0 Å². The van der Waals surface area contributed by atoms with E-state index in [1.54, 1.807) is 0 Å². The fourth-order valence-corrected chi connectivity index (χ4v) is 4.29. The van der Waals surface area contributed by atoms with Crippen LogP contribution < -0.4 is 15.1 Å². The Morgan fingerprint density at radius 1 is 1.26 bits per heavy atom. The number of aliphatic hydroxyl groups is 1. The van der Waals surface area contributed by atoms with E-state index in [9.17, 15) is 5.11 Å². The topological polar surface area (TPSA) is 73.8 Å². The third-order valence-corrected chi connectivity index (χ3v) is 5.78. The molecular formula is C20H25N5O2. The van der Waals surface area contributed by atoms with E-state index in [4.69, 9.17) is 9.72 Å². The third-order valence-electron chi connectivity index (χ3n) is 5.78. The highest BCUT2D eigenvalue weighted by Gasteiger charge is 2.40. The summed E-state index contributed by atoms with van der Waals surface area (Å²) in [6.45, 7) is 5.31. The number of hydrogen-bond acceptors (Lipinski definition) is 7. The van der Waals surface area contributed by atoms with Crippen LogP contribution in [0.3, 0.4) is 0 Å². The Morgan fingerprint density at radius 2 is 2.19 bits per heavy atom. The number of aliphatic hydroxyl groups excluding tert-OH is 1. The van der Waals surface area contributed by atoms with Crippen LogP contribution in [0, 0.1) is 6.92 Å². The maximum absolute atomic E-state index is 11.0. The van der Waals surface area contributed by atoms with Gasteiger partial charge in [-0.05, 0) is 44.0 Å². The average Bonchev–Trinajstić information content (AvgIpc) is 3.33. The highest BCUT2D eigenvalue weighted by molar-refractivity contribution is 5.75. The molecule has 2 N–H and O–H groups in total. The number of nitrogens with zero attached hydrogens (tertiary/aromatic N) is 4. The molecule has 7 nitrogen and oxygen atoms in total. The van der Waals surface area contributed by atoms with Crippen LogP contribution in [-0.4, -0.2) is 59.8 Å². The molecule has 7 heteroatoms. The van der Waals surface area contributed by atoms with E-state index < -0.39 is 6.35 Å². The van der Waals surface area contributed by atoms with Crippen molar-refractivity contribution >= 4 is 11.5 Å². The van der Waals surface area contributed by atoms with Crippen LogP contribution in [0.25, 0.3) is 11.3 Å². The van der Waals surface area contributed by atoms with Crippen molar-refractivity contribution in [3.63, 3.8) is 0 Å². The zero-order valence-corrected chi connectivity index (χ0v) is 15.5. The number of fused-ring (bicyclic) bond motifs is 4. The standard InChI is InChI=1S/C20H25N5O2/c1-13-2-3-14(10-21-13)17-4-5-18-19(23-17)25(16-6-8-24(18)11-16)20(26)22-15-7-9-27-12-15/h2-5,10,15-16,20,22,26H,6-9,11-12H2,1H3/t15?,16-,20?/m0/s1. The second-order valence-electron chi connectivity index (χ2n) is 7.62. The number of pyridine rings is 2. The molecule has 5 heterocycles. The summed E-state index contributed by atoms with van der Waals surface area (Å²) < 4.78 is 5.44. The van der Waals surface area contributed by atoms with Gasteiger partial charge >= 0.3 is 0 Å². The quantitative estimate of drug-likeness (QED) is 0.794. The molecule has 2 saturated heterocycles. The molecule has 0 amide bonds. The van der Waals surface area contributed by atoms with Gasteiger partial charge in [0.05, 0.1) is 24.0 Å². The largest absolute Gasteiger partial charge is 0.380 e. The monoisotopic (exact) mass is 367 g/mol. The number of aryl methyl sites for hydroxylation is 1. The number of rotatable bonds is 4. The Morgan fingerprint density at radius 3 is 2.96 bits per heavy atom. The van der Waals surface area contributed by atoms with E-state index in [0.29, 0.717) is 6.61 Å². The predicted octanol–water partition coefficient (Wildman–Crippen LogP) is 1.51. The van der Waals surface area contributed by atoms with Crippen LogP contribution in [-0.2, 0) is 4.74 Å². The lowest BCUT2D eigenvalue weighted by molar-refractivity contribution is 0.102. The molecule has 27 heavy (non-hydrogen) atoms. The first-order valence-electron chi connectivity index (χ1n) is 9.68. The zero-order valence-electron chi connectivity index (χ0n) is 15.5. The molecule has 0 radical (unpaired) electrons. The first-order chi connectivity index (χ1) is 13.2. The normalized spacial score (nSPS) is 25.0. The summed E-state index contributed by atoms with van der Waals surface area (Å²) in [5, 5.41) is 14.3. The minimum atomic E-state index is -0.764.